The van der Waals surface area contributed by atoms with Gasteiger partial charge in [-0.2, -0.15) is 0 Å². The zero-order chi connectivity index (χ0) is 27.5. The fraction of sp³-hybridized carbons (Fsp3) is 0.312. The predicted molar refractivity (Wildman–Crippen MR) is 151 cm³/mol. The molecule has 1 amide bonds. The van der Waals surface area contributed by atoms with Gasteiger partial charge in [0, 0.05) is 11.8 Å². The van der Waals surface area contributed by atoms with Crippen molar-refractivity contribution in [2.45, 2.75) is 45.6 Å². The molecule has 7 heteroatoms. The topological polar surface area (TPSA) is 78.2 Å². The number of rotatable bonds is 10. The molecule has 39 heavy (non-hydrogen) atoms. The Morgan fingerprint density at radius 2 is 1.74 bits per heavy atom. The maximum absolute atomic E-state index is 13.9. The number of hydrogen-bond donors (Lipinski definition) is 0. The normalized spacial score (nSPS) is 14.5. The van der Waals surface area contributed by atoms with E-state index in [9.17, 15) is 9.59 Å². The first-order valence-electron chi connectivity index (χ1n) is 13.3. The average Bonchev–Trinajstić information content (AvgIpc) is 3.25. The summed E-state index contributed by atoms with van der Waals surface area (Å²) >= 11 is 0. The fourth-order valence-corrected chi connectivity index (χ4v) is 5.11. The van der Waals surface area contributed by atoms with Crippen molar-refractivity contribution in [3.63, 3.8) is 0 Å². The molecule has 0 saturated carbocycles. The summed E-state index contributed by atoms with van der Waals surface area (Å²) in [4.78, 5) is 29.4. The lowest BCUT2D eigenvalue weighted by atomic mass is 9.97. The van der Waals surface area contributed by atoms with Crippen LogP contribution in [-0.2, 0) is 0 Å². The van der Waals surface area contributed by atoms with Crippen LogP contribution < -0.4 is 24.5 Å². The molecule has 5 rings (SSSR count). The van der Waals surface area contributed by atoms with Gasteiger partial charge in [0.2, 0.25) is 5.76 Å². The number of carbonyl (C=O) groups is 1. The molecule has 1 aromatic heterocycles. The second-order valence-electron chi connectivity index (χ2n) is 9.77. The van der Waals surface area contributed by atoms with Crippen LogP contribution in [0, 0.1) is 6.92 Å². The van der Waals surface area contributed by atoms with Gasteiger partial charge in [-0.1, -0.05) is 49.9 Å². The van der Waals surface area contributed by atoms with Crippen LogP contribution in [0.4, 0.5) is 5.69 Å². The molecule has 2 heterocycles. The molecule has 1 aliphatic rings. The van der Waals surface area contributed by atoms with Gasteiger partial charge >= 0.3 is 0 Å². The number of unbranched alkanes of at least 4 members (excludes halogenated alkanes) is 3. The lowest BCUT2D eigenvalue weighted by Crippen LogP contribution is -2.29. The van der Waals surface area contributed by atoms with Gasteiger partial charge in [0.25, 0.3) is 5.91 Å². The minimum atomic E-state index is -0.728. The van der Waals surface area contributed by atoms with Crippen molar-refractivity contribution in [1.29, 1.82) is 0 Å². The lowest BCUT2D eigenvalue weighted by molar-refractivity contribution is 0.0971. The van der Waals surface area contributed by atoms with Crippen molar-refractivity contribution in [1.82, 2.24) is 0 Å². The van der Waals surface area contributed by atoms with E-state index < -0.39 is 11.9 Å². The number of hydrogen-bond acceptors (Lipinski definition) is 6. The molecule has 0 fully saturated rings. The maximum atomic E-state index is 13.9. The van der Waals surface area contributed by atoms with Gasteiger partial charge < -0.3 is 18.6 Å². The molecule has 0 N–H and O–H groups in total. The Bertz CT molecular complexity index is 1570. The zero-order valence-corrected chi connectivity index (χ0v) is 22.8. The average molecular weight is 528 g/mol. The molecule has 1 aliphatic heterocycles. The van der Waals surface area contributed by atoms with Crippen molar-refractivity contribution >= 4 is 22.6 Å². The molecular weight excluding hydrogens is 494 g/mol. The third kappa shape index (κ3) is 4.97. The highest BCUT2D eigenvalue weighted by Gasteiger charge is 2.44. The number of nitrogens with zero attached hydrogens (tertiary/aromatic N) is 1. The molecule has 0 spiro atoms. The van der Waals surface area contributed by atoms with Gasteiger partial charge in [-0.05, 0) is 55.3 Å². The Morgan fingerprint density at radius 3 is 2.51 bits per heavy atom. The van der Waals surface area contributed by atoms with E-state index in [0.29, 0.717) is 51.6 Å². The predicted octanol–water partition coefficient (Wildman–Crippen LogP) is 6.83. The highest BCUT2D eigenvalue weighted by Crippen LogP contribution is 2.44. The monoisotopic (exact) mass is 527 g/mol. The number of ether oxygens (including phenoxy) is 3. The molecule has 0 aliphatic carbocycles. The van der Waals surface area contributed by atoms with Gasteiger partial charge in [-0.25, -0.2) is 0 Å². The number of aryl methyl sites for hydroxylation is 1. The minimum absolute atomic E-state index is 0.0411. The SMILES string of the molecule is CCCCCCOc1ccc(C2c3c(oc4ccc(C)cc4c3=O)C(=O)N2c2cccc(OC)c2)cc1OC. The summed E-state index contributed by atoms with van der Waals surface area (Å²) in [5.41, 5.74) is 2.69. The molecule has 202 valence electrons. The first kappa shape index (κ1) is 26.4. The van der Waals surface area contributed by atoms with E-state index in [4.69, 9.17) is 18.6 Å². The van der Waals surface area contributed by atoms with Gasteiger partial charge in [0.15, 0.2) is 16.9 Å². The molecule has 7 nitrogen and oxygen atoms in total. The summed E-state index contributed by atoms with van der Waals surface area (Å²) in [6.07, 6.45) is 4.40. The Labute approximate surface area is 227 Å². The summed E-state index contributed by atoms with van der Waals surface area (Å²) in [7, 11) is 3.16. The van der Waals surface area contributed by atoms with Crippen LogP contribution in [0.5, 0.6) is 17.2 Å². The van der Waals surface area contributed by atoms with Crippen molar-refractivity contribution < 1.29 is 23.4 Å². The summed E-state index contributed by atoms with van der Waals surface area (Å²) in [6.45, 7) is 4.68. The van der Waals surface area contributed by atoms with Gasteiger partial charge in [-0.3, -0.25) is 14.5 Å². The summed E-state index contributed by atoms with van der Waals surface area (Å²) < 4.78 is 23.2. The molecule has 0 saturated heterocycles. The minimum Gasteiger partial charge on any atom is -0.497 e. The van der Waals surface area contributed by atoms with E-state index in [0.717, 1.165) is 24.8 Å². The molecule has 1 atom stereocenters. The number of carbonyl (C=O) groups excluding carboxylic acids is 1. The first-order valence-corrected chi connectivity index (χ1v) is 13.3. The summed E-state index contributed by atoms with van der Waals surface area (Å²) in [5.74, 6) is 1.41. The first-order chi connectivity index (χ1) is 19.0. The molecule has 3 aromatic carbocycles. The third-order valence-electron chi connectivity index (χ3n) is 7.12. The van der Waals surface area contributed by atoms with Crippen LogP contribution in [0.2, 0.25) is 0 Å². The number of fused-ring (bicyclic) bond motifs is 2. The van der Waals surface area contributed by atoms with E-state index >= 15 is 0 Å². The molecule has 0 radical (unpaired) electrons. The number of benzene rings is 3. The highest BCUT2D eigenvalue weighted by molar-refractivity contribution is 6.10. The zero-order valence-electron chi connectivity index (χ0n) is 22.8. The highest BCUT2D eigenvalue weighted by atomic mass is 16.5. The van der Waals surface area contributed by atoms with Crippen LogP contribution >= 0.6 is 0 Å². The molecule has 0 bridgehead atoms. The van der Waals surface area contributed by atoms with Crippen LogP contribution in [0.25, 0.3) is 11.0 Å². The van der Waals surface area contributed by atoms with Gasteiger partial charge in [-0.15, -0.1) is 0 Å². The van der Waals surface area contributed by atoms with E-state index in [1.807, 2.05) is 49.4 Å². The molecular formula is C32H33NO6. The Hall–Kier alpha value is -4.26. The van der Waals surface area contributed by atoms with Crippen LogP contribution in [0.15, 0.2) is 69.9 Å². The summed E-state index contributed by atoms with van der Waals surface area (Å²) in [6, 6.07) is 17.4. The van der Waals surface area contributed by atoms with Crippen molar-refractivity contribution in [3.8, 4) is 17.2 Å². The Balaban J connectivity index is 1.64. The maximum Gasteiger partial charge on any atom is 0.295 e. The van der Waals surface area contributed by atoms with Crippen LogP contribution in [0.3, 0.4) is 0 Å². The van der Waals surface area contributed by atoms with Crippen LogP contribution in [0.1, 0.15) is 65.9 Å². The fourth-order valence-electron chi connectivity index (χ4n) is 5.11. The number of amides is 1. The Morgan fingerprint density at radius 1 is 0.897 bits per heavy atom. The van der Waals surface area contributed by atoms with Crippen LogP contribution in [-0.4, -0.2) is 26.7 Å². The number of methoxy groups -OCH3 is 2. The number of anilines is 1. The molecule has 1 unspecified atom stereocenters. The van der Waals surface area contributed by atoms with E-state index in [1.165, 1.54) is 6.42 Å². The van der Waals surface area contributed by atoms with Crippen molar-refractivity contribution in [2.24, 2.45) is 0 Å². The third-order valence-corrected chi connectivity index (χ3v) is 7.12. The van der Waals surface area contributed by atoms with E-state index in [2.05, 4.69) is 6.92 Å². The quantitative estimate of drug-likeness (QED) is 0.210. The largest absolute Gasteiger partial charge is 0.497 e. The standard InChI is InChI=1S/C32H33NO6/c1-5-6-7-8-16-38-26-15-13-21(18-27(26)37-4)29-28-30(34)24-17-20(2)12-14-25(24)39-31(28)32(35)33(29)22-10-9-11-23(19-22)36-3/h9-15,17-19,29H,5-8,16H2,1-4H3. The van der Waals surface area contributed by atoms with Gasteiger partial charge in [0.1, 0.15) is 11.3 Å². The van der Waals surface area contributed by atoms with Crippen molar-refractivity contribution in [2.75, 3.05) is 25.7 Å². The summed E-state index contributed by atoms with van der Waals surface area (Å²) in [5, 5.41) is 0.443. The smallest absolute Gasteiger partial charge is 0.295 e. The second-order valence-corrected chi connectivity index (χ2v) is 9.77. The van der Waals surface area contributed by atoms with E-state index in [-0.39, 0.29) is 11.2 Å². The second kappa shape index (κ2) is 11.2. The molecule has 4 aromatic rings. The lowest BCUT2D eigenvalue weighted by Gasteiger charge is -2.26. The Kier molecular flexibility index (Phi) is 7.59. The van der Waals surface area contributed by atoms with E-state index in [1.54, 1.807) is 37.3 Å². The van der Waals surface area contributed by atoms with Crippen molar-refractivity contribution in [3.05, 3.63) is 93.3 Å². The van der Waals surface area contributed by atoms with Gasteiger partial charge in [0.05, 0.1) is 37.8 Å².